The average Bonchev–Trinajstić information content (AvgIpc) is 2.76. The van der Waals surface area contributed by atoms with Crippen molar-refractivity contribution in [3.05, 3.63) is 51.0 Å². The number of hydrogen-bond acceptors (Lipinski definition) is 2. The topological polar surface area (TPSA) is 38.0 Å². The van der Waals surface area contributed by atoms with Crippen molar-refractivity contribution < 1.29 is 9.50 Å². The fourth-order valence-electron chi connectivity index (χ4n) is 1.97. The van der Waals surface area contributed by atoms with Crippen molar-refractivity contribution in [1.82, 2.24) is 9.78 Å². The van der Waals surface area contributed by atoms with Gasteiger partial charge in [-0.15, -0.1) is 0 Å². The molecule has 3 nitrogen and oxygen atoms in total. The van der Waals surface area contributed by atoms with Crippen molar-refractivity contribution in [1.29, 1.82) is 0 Å². The molecule has 0 aliphatic rings. The Kier molecular flexibility index (Phi) is 4.60. The normalized spacial score (nSPS) is 12.7. The highest BCUT2D eigenvalue weighted by molar-refractivity contribution is 9.10. The Labute approximate surface area is 124 Å². The predicted octanol–water partition coefficient (Wildman–Crippen LogP) is 3.73. The number of aliphatic hydroxyl groups excluding tert-OH is 1. The molecule has 0 amide bonds. The van der Waals surface area contributed by atoms with E-state index in [9.17, 15) is 9.50 Å². The van der Waals surface area contributed by atoms with Crippen LogP contribution in [0.1, 0.15) is 24.3 Å². The van der Waals surface area contributed by atoms with Gasteiger partial charge >= 0.3 is 0 Å². The van der Waals surface area contributed by atoms with Crippen LogP contribution in [0.15, 0.2) is 28.9 Å². The molecule has 0 radical (unpaired) electrons. The van der Waals surface area contributed by atoms with Gasteiger partial charge in [-0.2, -0.15) is 5.10 Å². The Bertz CT molecular complexity index is 588. The van der Waals surface area contributed by atoms with Gasteiger partial charge in [0.15, 0.2) is 0 Å². The molecule has 2 aromatic rings. The molecular weight excluding hydrogens is 335 g/mol. The zero-order valence-corrected chi connectivity index (χ0v) is 12.6. The Morgan fingerprint density at radius 1 is 1.53 bits per heavy atom. The van der Waals surface area contributed by atoms with Gasteiger partial charge < -0.3 is 5.11 Å². The number of rotatable bonds is 4. The van der Waals surface area contributed by atoms with Crippen LogP contribution in [0.3, 0.4) is 0 Å². The van der Waals surface area contributed by atoms with E-state index in [1.54, 1.807) is 23.0 Å². The average molecular weight is 348 g/mol. The van der Waals surface area contributed by atoms with Crippen LogP contribution in [0.25, 0.3) is 0 Å². The number of hydrogen-bond donors (Lipinski definition) is 1. The van der Waals surface area contributed by atoms with E-state index in [-0.39, 0.29) is 11.4 Å². The highest BCUT2D eigenvalue weighted by atomic mass is 79.9. The minimum absolute atomic E-state index is 0.0627. The Balaban J connectivity index is 2.28. The van der Waals surface area contributed by atoms with Gasteiger partial charge in [0.1, 0.15) is 11.9 Å². The van der Waals surface area contributed by atoms with Gasteiger partial charge in [0.25, 0.3) is 0 Å². The van der Waals surface area contributed by atoms with Crippen LogP contribution in [0.5, 0.6) is 0 Å². The summed E-state index contributed by atoms with van der Waals surface area (Å²) in [6.07, 6.45) is 0.928. The van der Waals surface area contributed by atoms with E-state index in [0.717, 1.165) is 0 Å². The van der Waals surface area contributed by atoms with Gasteiger partial charge in [-0.05, 0) is 34.5 Å². The zero-order chi connectivity index (χ0) is 14.0. The standard InChI is InChI=1S/C13H13BrClFN2O/c1-2-18-13(9(14)7-17-18)11(19)6-8-4-3-5-10(15)12(8)16/h3-5,7,11,19H,2,6H2,1H3. The summed E-state index contributed by atoms with van der Waals surface area (Å²) in [5.41, 5.74) is 1.03. The molecule has 1 N–H and O–H groups in total. The minimum atomic E-state index is -0.843. The number of aromatic nitrogens is 2. The van der Waals surface area contributed by atoms with E-state index < -0.39 is 11.9 Å². The number of aliphatic hydroxyl groups is 1. The summed E-state index contributed by atoms with van der Waals surface area (Å²) in [4.78, 5) is 0. The number of nitrogens with zero attached hydrogens (tertiary/aromatic N) is 2. The third kappa shape index (κ3) is 2.99. The first-order chi connectivity index (χ1) is 9.04. The van der Waals surface area contributed by atoms with Crippen molar-refractivity contribution >= 4 is 27.5 Å². The lowest BCUT2D eigenvalue weighted by Crippen LogP contribution is -2.11. The molecule has 19 heavy (non-hydrogen) atoms. The molecule has 1 unspecified atom stereocenters. The summed E-state index contributed by atoms with van der Waals surface area (Å²) < 4.78 is 16.2. The lowest BCUT2D eigenvalue weighted by atomic mass is 10.1. The highest BCUT2D eigenvalue weighted by Gasteiger charge is 2.19. The molecule has 0 aliphatic heterocycles. The summed E-state index contributed by atoms with van der Waals surface area (Å²) in [6.45, 7) is 2.56. The smallest absolute Gasteiger partial charge is 0.145 e. The van der Waals surface area contributed by atoms with Crippen molar-refractivity contribution in [2.24, 2.45) is 0 Å². The Morgan fingerprint density at radius 2 is 2.26 bits per heavy atom. The Hall–Kier alpha value is -0.910. The number of benzene rings is 1. The van der Waals surface area contributed by atoms with Gasteiger partial charge in [0.2, 0.25) is 0 Å². The summed E-state index contributed by atoms with van der Waals surface area (Å²) >= 11 is 9.07. The van der Waals surface area contributed by atoms with Crippen LogP contribution in [0, 0.1) is 5.82 Å². The molecule has 0 saturated carbocycles. The molecule has 1 aromatic carbocycles. The maximum atomic E-state index is 13.8. The van der Waals surface area contributed by atoms with Crippen LogP contribution < -0.4 is 0 Å². The fourth-order valence-corrected chi connectivity index (χ4v) is 2.72. The second kappa shape index (κ2) is 6.03. The predicted molar refractivity (Wildman–Crippen MR) is 75.7 cm³/mol. The molecule has 102 valence electrons. The molecule has 1 aromatic heterocycles. The first-order valence-corrected chi connectivity index (χ1v) is 7.03. The number of halogens is 3. The highest BCUT2D eigenvalue weighted by Crippen LogP contribution is 2.28. The monoisotopic (exact) mass is 346 g/mol. The molecule has 6 heteroatoms. The Morgan fingerprint density at radius 3 is 2.95 bits per heavy atom. The molecule has 0 saturated heterocycles. The van der Waals surface area contributed by atoms with E-state index >= 15 is 0 Å². The lowest BCUT2D eigenvalue weighted by molar-refractivity contribution is 0.165. The van der Waals surface area contributed by atoms with Gasteiger partial charge in [-0.3, -0.25) is 4.68 Å². The van der Waals surface area contributed by atoms with E-state index in [0.29, 0.717) is 22.3 Å². The molecular formula is C13H13BrClFN2O. The summed E-state index contributed by atoms with van der Waals surface area (Å²) in [5, 5.41) is 14.5. The van der Waals surface area contributed by atoms with E-state index in [1.165, 1.54) is 6.07 Å². The quantitative estimate of drug-likeness (QED) is 0.915. The molecule has 1 atom stereocenters. The van der Waals surface area contributed by atoms with Crippen LogP contribution in [-0.4, -0.2) is 14.9 Å². The molecule has 2 rings (SSSR count). The summed E-state index contributed by atoms with van der Waals surface area (Å²) in [5.74, 6) is -0.484. The second-order valence-corrected chi connectivity index (χ2v) is 5.39. The molecule has 0 aliphatic carbocycles. The summed E-state index contributed by atoms with van der Waals surface area (Å²) in [7, 11) is 0. The lowest BCUT2D eigenvalue weighted by Gasteiger charge is -2.14. The van der Waals surface area contributed by atoms with Gasteiger partial charge in [0, 0.05) is 13.0 Å². The van der Waals surface area contributed by atoms with Crippen LogP contribution in [0.2, 0.25) is 5.02 Å². The van der Waals surface area contributed by atoms with Crippen molar-refractivity contribution in [2.75, 3.05) is 0 Å². The summed E-state index contributed by atoms with van der Waals surface area (Å²) in [6, 6.07) is 4.77. The van der Waals surface area contributed by atoms with Crippen molar-refractivity contribution in [3.63, 3.8) is 0 Å². The van der Waals surface area contributed by atoms with Gasteiger partial charge in [-0.25, -0.2) is 4.39 Å². The fraction of sp³-hybridized carbons (Fsp3) is 0.308. The van der Waals surface area contributed by atoms with Crippen molar-refractivity contribution in [2.45, 2.75) is 26.0 Å². The van der Waals surface area contributed by atoms with Crippen LogP contribution >= 0.6 is 27.5 Å². The van der Waals surface area contributed by atoms with Crippen LogP contribution in [0.4, 0.5) is 4.39 Å². The van der Waals surface area contributed by atoms with Crippen LogP contribution in [-0.2, 0) is 13.0 Å². The second-order valence-electron chi connectivity index (χ2n) is 4.13. The third-order valence-corrected chi connectivity index (χ3v) is 3.80. The number of aryl methyl sites for hydroxylation is 1. The molecule has 0 spiro atoms. The third-order valence-electron chi connectivity index (χ3n) is 2.89. The first-order valence-electron chi connectivity index (χ1n) is 5.86. The maximum absolute atomic E-state index is 13.8. The minimum Gasteiger partial charge on any atom is -0.386 e. The molecule has 1 heterocycles. The largest absolute Gasteiger partial charge is 0.386 e. The van der Waals surface area contributed by atoms with E-state index in [1.807, 2.05) is 6.92 Å². The van der Waals surface area contributed by atoms with Gasteiger partial charge in [0.05, 0.1) is 21.4 Å². The molecule has 0 fully saturated rings. The van der Waals surface area contributed by atoms with E-state index in [4.69, 9.17) is 11.6 Å². The van der Waals surface area contributed by atoms with Gasteiger partial charge in [-0.1, -0.05) is 23.7 Å². The SMILES string of the molecule is CCn1ncc(Br)c1C(O)Cc1cccc(Cl)c1F. The van der Waals surface area contributed by atoms with E-state index in [2.05, 4.69) is 21.0 Å². The van der Waals surface area contributed by atoms with Crippen molar-refractivity contribution in [3.8, 4) is 0 Å². The zero-order valence-electron chi connectivity index (χ0n) is 10.3. The maximum Gasteiger partial charge on any atom is 0.145 e. The molecule has 0 bridgehead atoms. The first kappa shape index (κ1) is 14.5.